The Balaban J connectivity index is 3.17. The molecule has 0 fully saturated rings. The van der Waals surface area contributed by atoms with E-state index in [1.807, 2.05) is 0 Å². The van der Waals surface area contributed by atoms with Crippen LogP contribution in [-0.4, -0.2) is 21.1 Å². The highest BCUT2D eigenvalue weighted by molar-refractivity contribution is 7.62. The highest BCUT2D eigenvalue weighted by atomic mass is 32.2. The monoisotopic (exact) mass is 307 g/mol. The van der Waals surface area contributed by atoms with Crippen LogP contribution in [0.15, 0.2) is 4.36 Å². The predicted octanol–water partition coefficient (Wildman–Crippen LogP) is 4.04. The van der Waals surface area contributed by atoms with Gasteiger partial charge in [0.05, 0.1) is 6.61 Å². The van der Waals surface area contributed by atoms with E-state index in [0.717, 1.165) is 19.3 Å². The molecule has 0 aliphatic heterocycles. The fourth-order valence-corrected chi connectivity index (χ4v) is 1.97. The van der Waals surface area contributed by atoms with Crippen LogP contribution in [0, 0.1) is 0 Å². The van der Waals surface area contributed by atoms with Crippen LogP contribution in [0.3, 0.4) is 0 Å². The first-order valence-electron chi connectivity index (χ1n) is 7.31. The number of carbonyl (C=O) groups is 1. The molecule has 1 amide bonds. The largest absolute Gasteiger partial charge is 0.479 e. The van der Waals surface area contributed by atoms with Crippen LogP contribution < -0.4 is 0 Å². The number of hydrogen-bond acceptors (Lipinski definition) is 5. The quantitative estimate of drug-likeness (QED) is 0.309. The highest BCUT2D eigenvalue weighted by Gasteiger charge is 2.01. The number of unbranched alkanes of at least 4 members (excludes halogenated alkanes) is 9. The summed E-state index contributed by atoms with van der Waals surface area (Å²) in [6.07, 6.45) is 10.8. The molecule has 0 spiro atoms. The Bertz CT molecular complexity index is 359. The van der Waals surface area contributed by atoms with Crippen LogP contribution in [0.1, 0.15) is 71.1 Å². The average Bonchev–Trinajstić information content (AvgIpc) is 2.39. The van der Waals surface area contributed by atoms with Crippen molar-refractivity contribution in [2.45, 2.75) is 71.1 Å². The van der Waals surface area contributed by atoms with Crippen molar-refractivity contribution in [1.82, 2.24) is 0 Å². The summed E-state index contributed by atoms with van der Waals surface area (Å²) in [6, 6.07) is 0. The molecule has 0 unspecified atom stereocenters. The lowest BCUT2D eigenvalue weighted by Gasteiger charge is -2.02. The van der Waals surface area contributed by atoms with Crippen molar-refractivity contribution in [2.75, 3.05) is 6.61 Å². The molecule has 20 heavy (non-hydrogen) atoms. The van der Waals surface area contributed by atoms with Crippen LogP contribution in [0.25, 0.3) is 0 Å². The van der Waals surface area contributed by atoms with Gasteiger partial charge >= 0.3 is 16.6 Å². The molecular weight excluding hydrogens is 282 g/mol. The van der Waals surface area contributed by atoms with E-state index in [1.54, 1.807) is 0 Å². The van der Waals surface area contributed by atoms with Gasteiger partial charge in [-0.05, 0) is 6.42 Å². The lowest BCUT2D eigenvalue weighted by molar-refractivity contribution is -0.236. The second-order valence-electron chi connectivity index (χ2n) is 4.66. The Morgan fingerprint density at radius 1 is 0.900 bits per heavy atom. The average molecular weight is 307 g/mol. The van der Waals surface area contributed by atoms with Gasteiger partial charge in [-0.15, -0.1) is 0 Å². The van der Waals surface area contributed by atoms with Crippen molar-refractivity contribution in [1.29, 1.82) is 0 Å². The molecule has 0 aliphatic carbocycles. The molecule has 0 aromatic heterocycles. The number of hydrogen-bond donors (Lipinski definition) is 0. The van der Waals surface area contributed by atoms with Crippen molar-refractivity contribution >= 4 is 16.6 Å². The zero-order valence-corrected chi connectivity index (χ0v) is 13.0. The minimum Gasteiger partial charge on any atom is -0.273 e. The first-order valence-corrected chi connectivity index (χ1v) is 8.34. The molecule has 0 heterocycles. The van der Waals surface area contributed by atoms with Crippen molar-refractivity contribution in [3.63, 3.8) is 0 Å². The Morgan fingerprint density at radius 2 is 1.40 bits per heavy atom. The molecule has 0 bridgehead atoms. The number of amides is 1. The van der Waals surface area contributed by atoms with Crippen LogP contribution in [0.4, 0.5) is 4.79 Å². The standard InChI is InChI=1S/C13H25NO5S/c1-2-3-4-5-6-7-8-9-10-11-12-18-19-13(15)14-20(16)17/h2-12H2,1H3. The Hall–Kier alpha value is -0.950. The van der Waals surface area contributed by atoms with Crippen LogP contribution in [-0.2, 0) is 20.3 Å². The molecule has 6 nitrogen and oxygen atoms in total. The van der Waals surface area contributed by atoms with Gasteiger partial charge in [-0.1, -0.05) is 69.1 Å². The summed E-state index contributed by atoms with van der Waals surface area (Å²) in [7, 11) is -2.79. The predicted molar refractivity (Wildman–Crippen MR) is 75.6 cm³/mol. The van der Waals surface area contributed by atoms with E-state index in [1.165, 1.54) is 44.9 Å². The van der Waals surface area contributed by atoms with Crippen molar-refractivity contribution < 1.29 is 23.0 Å². The third kappa shape index (κ3) is 15.1. The van der Waals surface area contributed by atoms with Gasteiger partial charge in [-0.25, -0.2) is 4.79 Å². The van der Waals surface area contributed by atoms with E-state index < -0.39 is 16.6 Å². The van der Waals surface area contributed by atoms with Crippen molar-refractivity contribution in [3.05, 3.63) is 0 Å². The van der Waals surface area contributed by atoms with Crippen LogP contribution in [0.5, 0.6) is 0 Å². The Morgan fingerprint density at radius 3 is 1.90 bits per heavy atom. The summed E-state index contributed by atoms with van der Waals surface area (Å²) in [5.74, 6) is 0. The molecule has 0 aliphatic rings. The highest BCUT2D eigenvalue weighted by Crippen LogP contribution is 2.10. The SMILES string of the molecule is CCCCCCCCCCCCOOC(=O)N=S(=O)=O. The van der Waals surface area contributed by atoms with Gasteiger partial charge < -0.3 is 0 Å². The van der Waals surface area contributed by atoms with E-state index in [0.29, 0.717) is 0 Å². The van der Waals surface area contributed by atoms with Gasteiger partial charge in [-0.3, -0.25) is 4.89 Å². The minimum atomic E-state index is -2.79. The Kier molecular flexibility index (Phi) is 13.8. The summed E-state index contributed by atoms with van der Waals surface area (Å²) in [6.45, 7) is 2.48. The second-order valence-corrected chi connectivity index (χ2v) is 5.28. The molecule has 0 N–H and O–H groups in total. The summed E-state index contributed by atoms with van der Waals surface area (Å²) in [5.41, 5.74) is 0. The number of nitrogens with zero attached hydrogens (tertiary/aromatic N) is 1. The second kappa shape index (κ2) is 14.5. The summed E-state index contributed by atoms with van der Waals surface area (Å²) < 4.78 is 22.6. The molecular formula is C13H25NO5S. The van der Waals surface area contributed by atoms with E-state index in [2.05, 4.69) is 21.1 Å². The molecule has 0 atom stereocenters. The fourth-order valence-electron chi connectivity index (χ4n) is 1.82. The maximum absolute atomic E-state index is 10.6. The zero-order chi connectivity index (χ0) is 15.1. The first-order chi connectivity index (χ1) is 9.66. The van der Waals surface area contributed by atoms with Gasteiger partial charge in [0.2, 0.25) is 0 Å². The first kappa shape index (κ1) is 19.1. The maximum Gasteiger partial charge on any atom is 0.479 e. The smallest absolute Gasteiger partial charge is 0.273 e. The zero-order valence-electron chi connectivity index (χ0n) is 12.2. The van der Waals surface area contributed by atoms with Crippen LogP contribution in [0.2, 0.25) is 0 Å². The molecule has 0 rings (SSSR count). The Labute approximate surface area is 122 Å². The molecule has 0 saturated carbocycles. The van der Waals surface area contributed by atoms with E-state index in [4.69, 9.17) is 0 Å². The van der Waals surface area contributed by atoms with Crippen molar-refractivity contribution in [3.8, 4) is 0 Å². The number of rotatable bonds is 12. The minimum absolute atomic E-state index is 0.267. The fraction of sp³-hybridized carbons (Fsp3) is 0.923. The van der Waals surface area contributed by atoms with Gasteiger partial charge in [0.25, 0.3) is 0 Å². The topological polar surface area (TPSA) is 82.0 Å². The molecule has 0 saturated heterocycles. The van der Waals surface area contributed by atoms with E-state index in [-0.39, 0.29) is 6.61 Å². The molecule has 118 valence electrons. The van der Waals surface area contributed by atoms with E-state index >= 15 is 0 Å². The summed E-state index contributed by atoms with van der Waals surface area (Å²) in [5, 5.41) is 0. The molecule has 7 heteroatoms. The number of carbonyl (C=O) groups excluding carboxylic acids is 1. The lowest BCUT2D eigenvalue weighted by Crippen LogP contribution is -2.01. The van der Waals surface area contributed by atoms with E-state index in [9.17, 15) is 13.2 Å². The van der Waals surface area contributed by atoms with Crippen LogP contribution >= 0.6 is 0 Å². The lowest BCUT2D eigenvalue weighted by atomic mass is 10.1. The molecule has 0 radical (unpaired) electrons. The third-order valence-corrected chi connectivity index (χ3v) is 3.16. The third-order valence-electron chi connectivity index (χ3n) is 2.86. The van der Waals surface area contributed by atoms with Gasteiger partial charge in [0.1, 0.15) is 0 Å². The van der Waals surface area contributed by atoms with Gasteiger partial charge in [0.15, 0.2) is 0 Å². The van der Waals surface area contributed by atoms with Gasteiger partial charge in [-0.2, -0.15) is 13.3 Å². The van der Waals surface area contributed by atoms with Crippen molar-refractivity contribution in [2.24, 2.45) is 4.36 Å². The summed E-state index contributed by atoms with van der Waals surface area (Å²) in [4.78, 5) is 19.3. The molecule has 0 aromatic rings. The maximum atomic E-state index is 10.6. The molecule has 0 aromatic carbocycles. The summed E-state index contributed by atoms with van der Waals surface area (Å²) >= 11 is 0. The normalized spacial score (nSPS) is 10.2. The van der Waals surface area contributed by atoms with Gasteiger partial charge in [0, 0.05) is 0 Å².